The number of hydrogen-bond acceptors (Lipinski definition) is 4. The monoisotopic (exact) mass is 270 g/mol. The minimum absolute atomic E-state index is 0.00396. The van der Waals surface area contributed by atoms with Crippen LogP contribution in [0.15, 0.2) is 11.6 Å². The molecule has 0 radical (unpaired) electrons. The number of carbonyl (C=O) groups is 1. The summed E-state index contributed by atoms with van der Waals surface area (Å²) in [4.78, 5) is 11.6. The van der Waals surface area contributed by atoms with E-state index in [1.807, 2.05) is 13.0 Å². The van der Waals surface area contributed by atoms with Crippen LogP contribution in [-0.4, -0.2) is 31.1 Å². The van der Waals surface area contributed by atoms with Crippen molar-refractivity contribution in [3.63, 3.8) is 0 Å². The molecule has 0 aromatic rings. The fourth-order valence-electron chi connectivity index (χ4n) is 2.27. The van der Waals surface area contributed by atoms with Gasteiger partial charge in [0.25, 0.3) is 0 Å². The third kappa shape index (κ3) is 4.05. The summed E-state index contributed by atoms with van der Waals surface area (Å²) in [6.07, 6.45) is 3.60. The molecule has 0 aliphatic carbocycles. The minimum Gasteiger partial charge on any atom is -0.463 e. The Morgan fingerprint density at radius 2 is 2.05 bits per heavy atom. The van der Waals surface area contributed by atoms with E-state index in [-0.39, 0.29) is 18.0 Å². The van der Waals surface area contributed by atoms with Crippen molar-refractivity contribution in [1.29, 1.82) is 0 Å². The molecule has 0 aromatic heterocycles. The maximum absolute atomic E-state index is 11.6. The number of rotatable bonds is 6. The number of esters is 1. The molecule has 0 N–H and O–H groups in total. The summed E-state index contributed by atoms with van der Waals surface area (Å²) in [5.41, 5.74) is 0.628. The largest absolute Gasteiger partial charge is 0.463 e. The molecule has 4 heteroatoms. The molecule has 0 aromatic carbocycles. The third-order valence-corrected chi connectivity index (χ3v) is 3.65. The van der Waals surface area contributed by atoms with Gasteiger partial charge in [-0.25, -0.2) is 4.79 Å². The van der Waals surface area contributed by atoms with Crippen molar-refractivity contribution in [3.8, 4) is 0 Å². The highest BCUT2D eigenvalue weighted by Gasteiger charge is 2.40. The normalized spacial score (nSPS) is 24.3. The topological polar surface area (TPSA) is 44.8 Å². The van der Waals surface area contributed by atoms with E-state index < -0.39 is 5.79 Å². The highest BCUT2D eigenvalue weighted by molar-refractivity contribution is 5.87. The van der Waals surface area contributed by atoms with Crippen LogP contribution in [0.2, 0.25) is 0 Å². The molecule has 0 bridgehead atoms. The molecule has 0 unspecified atom stereocenters. The van der Waals surface area contributed by atoms with Crippen LogP contribution < -0.4 is 0 Å². The second-order valence-corrected chi connectivity index (χ2v) is 5.01. The first-order chi connectivity index (χ1) is 8.98. The minimum atomic E-state index is -0.440. The Balaban J connectivity index is 2.62. The Labute approximate surface area is 116 Å². The van der Waals surface area contributed by atoms with E-state index >= 15 is 0 Å². The lowest BCUT2D eigenvalue weighted by Crippen LogP contribution is -2.30. The van der Waals surface area contributed by atoms with Crippen molar-refractivity contribution in [2.45, 2.75) is 59.4 Å². The molecule has 1 fully saturated rings. The first-order valence-corrected chi connectivity index (χ1v) is 7.15. The van der Waals surface area contributed by atoms with Crippen molar-refractivity contribution < 1.29 is 19.0 Å². The zero-order chi connectivity index (χ0) is 14.5. The maximum atomic E-state index is 11.6. The molecule has 110 valence electrons. The molecular formula is C15H26O4. The average Bonchev–Trinajstić information content (AvgIpc) is 2.84. The number of hydrogen-bond donors (Lipinski definition) is 0. The Hall–Kier alpha value is -0.870. The Kier molecular flexibility index (Phi) is 6.01. The average molecular weight is 270 g/mol. The first kappa shape index (κ1) is 16.2. The first-order valence-electron chi connectivity index (χ1n) is 7.15. The van der Waals surface area contributed by atoms with E-state index in [4.69, 9.17) is 14.2 Å². The van der Waals surface area contributed by atoms with E-state index in [2.05, 4.69) is 13.8 Å². The number of carbonyl (C=O) groups excluding carboxylic acids is 1. The third-order valence-electron chi connectivity index (χ3n) is 3.65. The summed E-state index contributed by atoms with van der Waals surface area (Å²) in [5, 5.41) is 0. The summed E-state index contributed by atoms with van der Waals surface area (Å²) in [7, 11) is 0. The van der Waals surface area contributed by atoms with E-state index in [0.29, 0.717) is 18.8 Å². The zero-order valence-electron chi connectivity index (χ0n) is 12.7. The molecule has 0 amide bonds. The summed E-state index contributed by atoms with van der Waals surface area (Å²) in [6, 6.07) is 0. The van der Waals surface area contributed by atoms with Gasteiger partial charge in [-0.1, -0.05) is 26.8 Å². The van der Waals surface area contributed by atoms with Crippen LogP contribution in [0.3, 0.4) is 0 Å². The fourth-order valence-corrected chi connectivity index (χ4v) is 2.27. The van der Waals surface area contributed by atoms with Crippen LogP contribution in [0, 0.1) is 5.92 Å². The van der Waals surface area contributed by atoms with Crippen molar-refractivity contribution >= 4 is 5.97 Å². The van der Waals surface area contributed by atoms with Crippen LogP contribution in [0.1, 0.15) is 47.5 Å². The lowest BCUT2D eigenvalue weighted by Gasteiger charge is -2.26. The van der Waals surface area contributed by atoms with Gasteiger partial charge < -0.3 is 14.2 Å². The molecule has 1 aliphatic heterocycles. The molecule has 0 spiro atoms. The molecular weight excluding hydrogens is 244 g/mol. The second kappa shape index (κ2) is 7.06. The molecule has 4 nitrogen and oxygen atoms in total. The maximum Gasteiger partial charge on any atom is 0.333 e. The van der Waals surface area contributed by atoms with E-state index in [1.165, 1.54) is 0 Å². The van der Waals surface area contributed by atoms with Gasteiger partial charge in [0, 0.05) is 11.5 Å². The van der Waals surface area contributed by atoms with Gasteiger partial charge in [0.2, 0.25) is 0 Å². The van der Waals surface area contributed by atoms with Gasteiger partial charge in [0.15, 0.2) is 5.79 Å². The molecule has 1 aliphatic rings. The molecule has 2 atom stereocenters. The van der Waals surface area contributed by atoms with Crippen molar-refractivity contribution in [1.82, 2.24) is 0 Å². The van der Waals surface area contributed by atoms with Gasteiger partial charge in [-0.2, -0.15) is 0 Å². The Bertz CT molecular complexity index is 331. The predicted octanol–water partition coefficient (Wildman–Crippen LogP) is 3.06. The van der Waals surface area contributed by atoms with Gasteiger partial charge in [-0.15, -0.1) is 0 Å². The summed E-state index contributed by atoms with van der Waals surface area (Å²) in [6.45, 7) is 10.7. The van der Waals surface area contributed by atoms with E-state index in [0.717, 1.165) is 12.8 Å². The van der Waals surface area contributed by atoms with Crippen LogP contribution in [-0.2, 0) is 19.0 Å². The molecule has 19 heavy (non-hydrogen) atoms. The SMILES string of the molecule is CCOC(=O)/C(C)=C/[C@@H](C)[C@@H]1COC(CC)(CC)O1. The lowest BCUT2D eigenvalue weighted by atomic mass is 10.0. The van der Waals surface area contributed by atoms with Gasteiger partial charge >= 0.3 is 5.97 Å². The van der Waals surface area contributed by atoms with Gasteiger partial charge in [-0.05, 0) is 26.7 Å². The lowest BCUT2D eigenvalue weighted by molar-refractivity contribution is -0.174. The van der Waals surface area contributed by atoms with Crippen molar-refractivity contribution in [2.24, 2.45) is 5.92 Å². The molecule has 0 saturated carbocycles. The predicted molar refractivity (Wildman–Crippen MR) is 73.7 cm³/mol. The van der Waals surface area contributed by atoms with Crippen LogP contribution in [0.4, 0.5) is 0 Å². The van der Waals surface area contributed by atoms with Gasteiger partial charge in [0.1, 0.15) is 0 Å². The highest BCUT2D eigenvalue weighted by atomic mass is 16.7. The van der Waals surface area contributed by atoms with Gasteiger partial charge in [0.05, 0.1) is 19.3 Å². The summed E-state index contributed by atoms with van der Waals surface area (Å²) < 4.78 is 16.8. The van der Waals surface area contributed by atoms with Crippen LogP contribution in [0.5, 0.6) is 0 Å². The van der Waals surface area contributed by atoms with Crippen molar-refractivity contribution in [2.75, 3.05) is 13.2 Å². The second-order valence-electron chi connectivity index (χ2n) is 5.01. The fraction of sp³-hybridized carbons (Fsp3) is 0.800. The summed E-state index contributed by atoms with van der Waals surface area (Å²) in [5.74, 6) is -0.570. The van der Waals surface area contributed by atoms with E-state index in [9.17, 15) is 4.79 Å². The van der Waals surface area contributed by atoms with Crippen molar-refractivity contribution in [3.05, 3.63) is 11.6 Å². The molecule has 1 saturated heterocycles. The highest BCUT2D eigenvalue weighted by Crippen LogP contribution is 2.33. The Morgan fingerprint density at radius 1 is 1.42 bits per heavy atom. The van der Waals surface area contributed by atoms with Crippen LogP contribution in [0.25, 0.3) is 0 Å². The summed E-state index contributed by atoms with van der Waals surface area (Å²) >= 11 is 0. The van der Waals surface area contributed by atoms with E-state index in [1.54, 1.807) is 13.8 Å². The smallest absolute Gasteiger partial charge is 0.333 e. The standard InChI is InChI=1S/C15H26O4/c1-6-15(7-2)18-10-13(19-15)11(4)9-12(5)14(16)17-8-3/h9,11,13H,6-8,10H2,1-5H3/b12-9+/t11-,13+/m1/s1. The van der Waals surface area contributed by atoms with Crippen LogP contribution >= 0.6 is 0 Å². The Morgan fingerprint density at radius 3 is 2.53 bits per heavy atom. The number of ether oxygens (including phenoxy) is 3. The zero-order valence-corrected chi connectivity index (χ0v) is 12.7. The molecule has 1 heterocycles. The molecule has 1 rings (SSSR count). The quantitative estimate of drug-likeness (QED) is 0.549. The van der Waals surface area contributed by atoms with Gasteiger partial charge in [-0.3, -0.25) is 0 Å².